The fraction of sp³-hybridized carbons (Fsp3) is 0.158. The van der Waals surface area contributed by atoms with Gasteiger partial charge in [0.25, 0.3) is 0 Å². The number of fused-ring (bicyclic) bond motifs is 1. The molecule has 0 fully saturated rings. The van der Waals surface area contributed by atoms with E-state index in [1.165, 1.54) is 5.56 Å². The number of nitrogens with zero attached hydrogens (tertiary/aromatic N) is 4. The number of pyridine rings is 2. The first kappa shape index (κ1) is 15.4. The summed E-state index contributed by atoms with van der Waals surface area (Å²) in [6.07, 6.45) is 9.96. The Balaban J connectivity index is 1.57. The Morgan fingerprint density at radius 1 is 1.08 bits per heavy atom. The van der Waals surface area contributed by atoms with E-state index in [0.29, 0.717) is 5.82 Å². The van der Waals surface area contributed by atoms with E-state index in [1.54, 1.807) is 6.20 Å². The van der Waals surface area contributed by atoms with Crippen molar-refractivity contribution >= 4 is 11.0 Å². The Morgan fingerprint density at radius 2 is 1.92 bits per heavy atom. The van der Waals surface area contributed by atoms with Crippen LogP contribution in [0.15, 0.2) is 55.2 Å². The van der Waals surface area contributed by atoms with Gasteiger partial charge in [-0.2, -0.15) is 0 Å². The molecule has 4 aromatic rings. The van der Waals surface area contributed by atoms with E-state index < -0.39 is 6.04 Å². The molecule has 0 aliphatic carbocycles. The second-order valence-electron chi connectivity index (χ2n) is 6.08. The lowest BCUT2D eigenvalue weighted by Gasteiger charge is -2.09. The summed E-state index contributed by atoms with van der Waals surface area (Å²) in [5.41, 5.74) is 11.2. The van der Waals surface area contributed by atoms with Crippen LogP contribution in [0.1, 0.15) is 34.3 Å². The fourth-order valence-electron chi connectivity index (χ4n) is 2.84. The number of nitrogens with two attached hydrogens (primary N) is 1. The highest BCUT2D eigenvalue weighted by molar-refractivity contribution is 5.80. The smallest absolute Gasteiger partial charge is 0.151 e. The number of H-pyrrole nitrogens is 1. The maximum atomic E-state index is 6.19. The van der Waals surface area contributed by atoms with Gasteiger partial charge in [0.2, 0.25) is 0 Å². The number of hydrogen-bond acceptors (Lipinski definition) is 5. The first-order valence-electron chi connectivity index (χ1n) is 8.10. The highest BCUT2D eigenvalue weighted by atomic mass is 14.9. The summed E-state index contributed by atoms with van der Waals surface area (Å²) < 4.78 is 0. The van der Waals surface area contributed by atoms with E-state index in [4.69, 9.17) is 5.73 Å². The molecule has 124 valence electrons. The number of hydrogen-bond donors (Lipinski definition) is 2. The molecule has 0 amide bonds. The van der Waals surface area contributed by atoms with Crippen molar-refractivity contribution < 1.29 is 0 Å². The fourth-order valence-corrected chi connectivity index (χ4v) is 2.84. The van der Waals surface area contributed by atoms with Crippen molar-refractivity contribution in [1.82, 2.24) is 24.9 Å². The molecule has 0 saturated heterocycles. The molecule has 0 aromatic carbocycles. The summed E-state index contributed by atoms with van der Waals surface area (Å²) in [6, 6.07) is 7.36. The molecular weight excluding hydrogens is 312 g/mol. The predicted octanol–water partition coefficient (Wildman–Crippen LogP) is 2.70. The molecule has 0 radical (unpaired) electrons. The molecule has 3 N–H and O–H groups in total. The average molecular weight is 330 g/mol. The molecule has 0 spiro atoms. The minimum absolute atomic E-state index is 0.421. The van der Waals surface area contributed by atoms with Gasteiger partial charge in [0.1, 0.15) is 11.7 Å². The van der Waals surface area contributed by atoms with Crippen molar-refractivity contribution in [3.8, 4) is 0 Å². The van der Waals surface area contributed by atoms with Crippen molar-refractivity contribution in [2.75, 3.05) is 0 Å². The van der Waals surface area contributed by atoms with E-state index in [2.05, 4.69) is 31.0 Å². The summed E-state index contributed by atoms with van der Waals surface area (Å²) in [4.78, 5) is 20.7. The van der Waals surface area contributed by atoms with Crippen molar-refractivity contribution in [3.63, 3.8) is 0 Å². The van der Waals surface area contributed by atoms with Crippen LogP contribution in [0.25, 0.3) is 11.0 Å². The van der Waals surface area contributed by atoms with Crippen LogP contribution in [0.3, 0.4) is 0 Å². The highest BCUT2D eigenvalue weighted by Crippen LogP contribution is 2.21. The van der Waals surface area contributed by atoms with E-state index >= 15 is 0 Å². The van der Waals surface area contributed by atoms with Gasteiger partial charge in [-0.25, -0.2) is 15.0 Å². The molecule has 0 bridgehead atoms. The lowest BCUT2D eigenvalue weighted by Crippen LogP contribution is -2.16. The summed E-state index contributed by atoms with van der Waals surface area (Å²) in [5.74, 6) is 0.568. The molecule has 0 aliphatic heterocycles. The van der Waals surface area contributed by atoms with Crippen LogP contribution < -0.4 is 5.73 Å². The lowest BCUT2D eigenvalue weighted by atomic mass is 10.1. The minimum Gasteiger partial charge on any atom is -0.346 e. The van der Waals surface area contributed by atoms with Crippen molar-refractivity contribution in [2.45, 2.75) is 19.4 Å². The predicted molar refractivity (Wildman–Crippen MR) is 95.9 cm³/mol. The van der Waals surface area contributed by atoms with Crippen molar-refractivity contribution in [1.29, 1.82) is 0 Å². The number of nitrogens with one attached hydrogen (secondary N) is 1. The van der Waals surface area contributed by atoms with Crippen LogP contribution in [0.5, 0.6) is 0 Å². The Kier molecular flexibility index (Phi) is 3.95. The summed E-state index contributed by atoms with van der Waals surface area (Å²) in [7, 11) is 0. The average Bonchev–Trinajstić information content (AvgIpc) is 3.04. The van der Waals surface area contributed by atoms with E-state index in [-0.39, 0.29) is 0 Å². The van der Waals surface area contributed by atoms with Crippen LogP contribution in [0.2, 0.25) is 0 Å². The molecule has 4 rings (SSSR count). The van der Waals surface area contributed by atoms with E-state index in [0.717, 1.165) is 34.3 Å². The molecule has 1 unspecified atom stereocenters. The van der Waals surface area contributed by atoms with Gasteiger partial charge in [-0.3, -0.25) is 4.98 Å². The molecule has 0 saturated carbocycles. The normalized spacial score (nSPS) is 12.4. The van der Waals surface area contributed by atoms with Crippen LogP contribution in [0.4, 0.5) is 0 Å². The largest absolute Gasteiger partial charge is 0.346 e. The third-order valence-electron chi connectivity index (χ3n) is 4.16. The van der Waals surface area contributed by atoms with Crippen LogP contribution in [0, 0.1) is 6.92 Å². The van der Waals surface area contributed by atoms with Gasteiger partial charge in [0, 0.05) is 42.8 Å². The van der Waals surface area contributed by atoms with Gasteiger partial charge in [0.15, 0.2) is 5.82 Å². The van der Waals surface area contributed by atoms with Gasteiger partial charge >= 0.3 is 0 Å². The van der Waals surface area contributed by atoms with Crippen LogP contribution >= 0.6 is 0 Å². The second-order valence-corrected chi connectivity index (χ2v) is 6.08. The SMILES string of the molecule is Cc1cnc2[nH]cc(Cc3cnc(C(N)c4ccccn4)nc3)c2c1. The van der Waals surface area contributed by atoms with Gasteiger partial charge in [-0.15, -0.1) is 0 Å². The monoisotopic (exact) mass is 330 g/mol. The number of rotatable bonds is 4. The van der Waals surface area contributed by atoms with Crippen molar-refractivity contribution in [3.05, 3.63) is 83.5 Å². The molecule has 6 nitrogen and oxygen atoms in total. The molecule has 25 heavy (non-hydrogen) atoms. The third kappa shape index (κ3) is 3.12. The topological polar surface area (TPSA) is 93.4 Å². The zero-order valence-electron chi connectivity index (χ0n) is 13.8. The Bertz CT molecular complexity index is 992. The number of aryl methyl sites for hydroxylation is 1. The maximum absolute atomic E-state index is 6.19. The van der Waals surface area contributed by atoms with Gasteiger partial charge < -0.3 is 10.7 Å². The molecule has 4 heterocycles. The third-order valence-corrected chi connectivity index (χ3v) is 4.16. The molecule has 0 aliphatic rings. The minimum atomic E-state index is -0.421. The summed E-state index contributed by atoms with van der Waals surface area (Å²) in [6.45, 7) is 2.04. The van der Waals surface area contributed by atoms with E-state index in [1.807, 2.05) is 49.9 Å². The highest BCUT2D eigenvalue weighted by Gasteiger charge is 2.13. The standard InChI is InChI=1S/C19H18N6/c1-12-6-15-14(11-25-18(15)22-8-12)7-13-9-23-19(24-10-13)17(20)16-4-2-3-5-21-16/h2-6,8-11,17H,7,20H2,1H3,(H,22,25). The quantitative estimate of drug-likeness (QED) is 0.600. The van der Waals surface area contributed by atoms with E-state index in [9.17, 15) is 0 Å². The molecule has 4 aromatic heterocycles. The van der Waals surface area contributed by atoms with Crippen LogP contribution in [-0.2, 0) is 6.42 Å². The number of aromatic nitrogens is 5. The Labute approximate surface area is 145 Å². The van der Waals surface area contributed by atoms with Gasteiger partial charge in [-0.1, -0.05) is 6.07 Å². The maximum Gasteiger partial charge on any atom is 0.151 e. The van der Waals surface area contributed by atoms with Gasteiger partial charge in [-0.05, 0) is 41.8 Å². The zero-order chi connectivity index (χ0) is 17.2. The molecular formula is C19H18N6. The first-order valence-corrected chi connectivity index (χ1v) is 8.10. The summed E-state index contributed by atoms with van der Waals surface area (Å²) in [5, 5.41) is 1.13. The molecule has 6 heteroatoms. The zero-order valence-corrected chi connectivity index (χ0v) is 13.8. The lowest BCUT2D eigenvalue weighted by molar-refractivity contribution is 0.750. The Morgan fingerprint density at radius 3 is 2.68 bits per heavy atom. The van der Waals surface area contributed by atoms with Crippen molar-refractivity contribution in [2.24, 2.45) is 5.73 Å². The number of aromatic amines is 1. The second kappa shape index (κ2) is 6.41. The Hall–Kier alpha value is -3.12. The van der Waals surface area contributed by atoms with Crippen LogP contribution in [-0.4, -0.2) is 24.9 Å². The first-order chi connectivity index (χ1) is 12.2. The van der Waals surface area contributed by atoms with Gasteiger partial charge in [0.05, 0.1) is 5.69 Å². The molecule has 1 atom stereocenters. The summed E-state index contributed by atoms with van der Waals surface area (Å²) >= 11 is 0.